The van der Waals surface area contributed by atoms with Gasteiger partial charge in [0.2, 0.25) is 0 Å². The molecule has 0 heterocycles. The molecule has 0 bridgehead atoms. The van der Waals surface area contributed by atoms with Crippen LogP contribution in [0.5, 0.6) is 5.75 Å². The number of ether oxygens (including phenoxy) is 1. The molecular weight excluding hydrogens is 439 g/mol. The van der Waals surface area contributed by atoms with E-state index in [0.29, 0.717) is 0 Å². The first-order valence-electron chi connectivity index (χ1n) is 7.67. The highest BCUT2D eigenvalue weighted by Gasteiger charge is 2.36. The largest absolute Gasteiger partial charge is 0.488 e. The van der Waals surface area contributed by atoms with Crippen LogP contribution in [0.2, 0.25) is 0 Å². The quantitative estimate of drug-likeness (QED) is 0.597. The molecule has 1 radical (unpaired) electrons. The Hall–Kier alpha value is -1.12. The van der Waals surface area contributed by atoms with Crippen LogP contribution >= 0.6 is 0 Å². The maximum absolute atomic E-state index is 12.0. The monoisotopic (exact) mass is 462 g/mol. The molecule has 0 aromatic heterocycles. The van der Waals surface area contributed by atoms with E-state index in [9.17, 15) is 8.42 Å². The van der Waals surface area contributed by atoms with E-state index >= 15 is 0 Å². The minimum atomic E-state index is -3.52. The molecule has 2 rings (SSSR count). The lowest BCUT2D eigenvalue weighted by atomic mass is 10.2. The molecule has 2 aromatic carbocycles. The molecule has 0 unspecified atom stereocenters. The fraction of sp³-hybridized carbons (Fsp3) is 0.333. The minimum Gasteiger partial charge on any atom is -0.488 e. The molecule has 2 aromatic rings. The summed E-state index contributed by atoms with van der Waals surface area (Å²) in [6, 6.07) is 17.1. The van der Waals surface area contributed by atoms with Crippen molar-refractivity contribution in [2.24, 2.45) is 0 Å². The highest BCUT2D eigenvalue weighted by atomic mass is 127. The molecule has 131 valence electrons. The van der Waals surface area contributed by atoms with Crippen molar-refractivity contribution in [3.05, 3.63) is 61.7 Å². The van der Waals surface area contributed by atoms with E-state index in [0.717, 1.165) is 12.9 Å². The summed E-state index contributed by atoms with van der Waals surface area (Å²) in [5, 5.41) is 0. The lowest BCUT2D eigenvalue weighted by molar-refractivity contribution is -1.03. The molecule has 0 atom stereocenters. The predicted octanol–water partition coefficient (Wildman–Crippen LogP) is 0.809. The Kier molecular flexibility index (Phi) is 6.28. The highest BCUT2D eigenvalue weighted by Crippen LogP contribution is 2.16. The zero-order chi connectivity index (χ0) is 17.8. The van der Waals surface area contributed by atoms with Gasteiger partial charge in [-0.1, -0.05) is 18.2 Å². The van der Waals surface area contributed by atoms with E-state index in [4.69, 9.17) is 7.25 Å². The fourth-order valence-corrected chi connectivity index (χ4v) is 8.72. The molecule has 0 amide bonds. The van der Waals surface area contributed by atoms with Gasteiger partial charge in [-0.2, -0.15) is 8.42 Å². The van der Waals surface area contributed by atoms with Gasteiger partial charge in [0.15, 0.2) is 7.14 Å². The van der Waals surface area contributed by atoms with Crippen LogP contribution in [0.3, 0.4) is 0 Å². The Bertz CT molecular complexity index is 750. The Morgan fingerprint density at radius 1 is 0.917 bits per heavy atom. The Labute approximate surface area is 152 Å². The van der Waals surface area contributed by atoms with E-state index in [-0.39, 0.29) is 11.4 Å². The van der Waals surface area contributed by atoms with E-state index in [1.54, 1.807) is 6.92 Å². The van der Waals surface area contributed by atoms with Crippen LogP contribution in [0, 0.1) is 7.14 Å². The summed E-state index contributed by atoms with van der Waals surface area (Å²) in [5.41, 5.74) is -0.276. The zero-order valence-electron chi connectivity index (χ0n) is 14.3. The first kappa shape index (κ1) is 19.2. The first-order chi connectivity index (χ1) is 11.2. The van der Waals surface area contributed by atoms with E-state index in [2.05, 4.69) is 0 Å². The van der Waals surface area contributed by atoms with Gasteiger partial charge < -0.3 is 4.74 Å². The summed E-state index contributed by atoms with van der Waals surface area (Å²) < 4.78 is 37.3. The van der Waals surface area contributed by atoms with Crippen LogP contribution in [0.1, 0.15) is 27.7 Å². The van der Waals surface area contributed by atoms with Gasteiger partial charge in [-0.25, -0.2) is 0 Å². The molecule has 0 fully saturated rings. The van der Waals surface area contributed by atoms with Crippen molar-refractivity contribution in [2.45, 2.75) is 33.3 Å². The summed E-state index contributed by atoms with van der Waals surface area (Å²) in [4.78, 5) is 0. The zero-order valence-corrected chi connectivity index (χ0v) is 17.3. The number of rotatable bonds is 6. The van der Waals surface area contributed by atoms with Gasteiger partial charge in [0.05, 0.1) is 5.75 Å². The molecule has 0 aliphatic carbocycles. The molecule has 0 aliphatic rings. The van der Waals surface area contributed by atoms with Gasteiger partial charge >= 0.3 is 30.4 Å². The Morgan fingerprint density at radius 3 is 1.96 bits per heavy atom. The van der Waals surface area contributed by atoms with Crippen molar-refractivity contribution in [3.8, 4) is 5.75 Å². The third-order valence-corrected chi connectivity index (χ3v) is 10.3. The third kappa shape index (κ3) is 5.75. The van der Waals surface area contributed by atoms with Crippen molar-refractivity contribution in [1.82, 2.24) is 0 Å². The first-order valence-corrected chi connectivity index (χ1v) is 12.3. The predicted molar refractivity (Wildman–Crippen MR) is 91.2 cm³/mol. The molecule has 0 aliphatic heterocycles. The number of hydrogen-bond acceptors (Lipinski definition) is 4. The van der Waals surface area contributed by atoms with Gasteiger partial charge in [0.1, 0.15) is 11.4 Å². The SMILES string of the molecule is CCS(=O)(=O)O[I+](c1ccccc1)c1ccc(OC(C)(C)C)cc1. The molecule has 0 saturated carbocycles. The summed E-state index contributed by atoms with van der Waals surface area (Å²) >= 11 is -2.52. The lowest BCUT2D eigenvalue weighted by Gasteiger charge is -2.21. The topological polar surface area (TPSA) is 52.6 Å². The minimum absolute atomic E-state index is 0.0287. The maximum Gasteiger partial charge on any atom is 0.324 e. The van der Waals surface area contributed by atoms with Crippen LogP contribution in [0.4, 0.5) is 0 Å². The summed E-state index contributed by atoms with van der Waals surface area (Å²) in [5.74, 6) is 0.729. The third-order valence-electron chi connectivity index (χ3n) is 2.88. The Morgan fingerprint density at radius 2 is 1.46 bits per heavy atom. The molecule has 0 spiro atoms. The molecule has 4 nitrogen and oxygen atoms in total. The van der Waals surface area contributed by atoms with Crippen LogP contribution in [0.15, 0.2) is 54.6 Å². The fourth-order valence-electron chi connectivity index (χ4n) is 1.84. The molecule has 0 N–H and O–H groups in total. The van der Waals surface area contributed by atoms with Crippen molar-refractivity contribution < 1.29 is 35.9 Å². The smallest absolute Gasteiger partial charge is 0.324 e. The lowest BCUT2D eigenvalue weighted by Crippen LogP contribution is -3.85. The van der Waals surface area contributed by atoms with Crippen molar-refractivity contribution >= 4 is 10.1 Å². The van der Waals surface area contributed by atoms with Gasteiger partial charge in [-0.3, -0.25) is 0 Å². The normalized spacial score (nSPS) is 12.4. The van der Waals surface area contributed by atoms with Crippen molar-refractivity contribution in [1.29, 1.82) is 0 Å². The van der Waals surface area contributed by atoms with Crippen LogP contribution < -0.4 is 25.0 Å². The molecular formula is C18H23IO4S+. The van der Waals surface area contributed by atoms with Crippen molar-refractivity contribution in [3.63, 3.8) is 0 Å². The standard InChI is InChI=1S/C18H23IO4S/c1-5-24(20,21)23-19(15-9-7-6-8-10-15)16-11-13-17(14-12-16)22-18(2,3)4/h6-14H,5H2,1-4H3/q+1. The van der Waals surface area contributed by atoms with E-state index in [1.807, 2.05) is 75.4 Å². The average Bonchev–Trinajstić information content (AvgIpc) is 2.53. The van der Waals surface area contributed by atoms with Crippen LogP contribution in [-0.4, -0.2) is 19.8 Å². The number of halogens is 1. The summed E-state index contributed by atoms with van der Waals surface area (Å²) in [6.07, 6.45) is 0. The average molecular weight is 462 g/mol. The van der Waals surface area contributed by atoms with Gasteiger partial charge in [-0.15, -0.1) is 0 Å². The summed E-state index contributed by atoms with van der Waals surface area (Å²) in [7, 11) is -3.52. The number of hydrogen-bond donors (Lipinski definition) is 0. The molecule has 24 heavy (non-hydrogen) atoms. The second-order valence-electron chi connectivity index (χ2n) is 6.12. The van der Waals surface area contributed by atoms with Crippen LogP contribution in [0.25, 0.3) is 0 Å². The van der Waals surface area contributed by atoms with Crippen LogP contribution in [-0.2, 0) is 12.6 Å². The van der Waals surface area contributed by atoms with Gasteiger partial charge in [0, 0.05) is 0 Å². The van der Waals surface area contributed by atoms with E-state index in [1.165, 1.54) is 0 Å². The van der Waals surface area contributed by atoms with Gasteiger partial charge in [-0.05, 0) is 66.6 Å². The number of benzene rings is 2. The Balaban J connectivity index is 2.34. The second-order valence-corrected chi connectivity index (χ2v) is 12.9. The summed E-state index contributed by atoms with van der Waals surface area (Å²) in [6.45, 7) is 7.55. The van der Waals surface area contributed by atoms with E-state index < -0.39 is 30.4 Å². The second kappa shape index (κ2) is 7.84. The maximum atomic E-state index is 12.0. The molecule has 6 heteroatoms. The van der Waals surface area contributed by atoms with Crippen molar-refractivity contribution in [2.75, 3.05) is 5.75 Å². The highest BCUT2D eigenvalue weighted by molar-refractivity contribution is 7.86. The molecule has 0 saturated heterocycles. The van der Waals surface area contributed by atoms with Gasteiger partial charge in [0.25, 0.3) is 0 Å².